The molecule has 3 rings (SSSR count). The SMILES string of the molecule is CCc1c(C)sc(NC(=O)CN2CCCc3ccccc32)c1C(=O)OC. The molecule has 1 aromatic heterocycles. The van der Waals surface area contributed by atoms with Crippen LogP contribution in [0.5, 0.6) is 0 Å². The van der Waals surface area contributed by atoms with Crippen molar-refractivity contribution in [2.45, 2.75) is 33.1 Å². The molecule has 1 amide bonds. The Bertz CT molecular complexity index is 828. The van der Waals surface area contributed by atoms with E-state index in [1.807, 2.05) is 26.0 Å². The lowest BCUT2D eigenvalue weighted by atomic mass is 10.0. The summed E-state index contributed by atoms with van der Waals surface area (Å²) in [6, 6.07) is 8.21. The maximum Gasteiger partial charge on any atom is 0.341 e. The first-order chi connectivity index (χ1) is 12.5. The van der Waals surface area contributed by atoms with Crippen LogP contribution in [0.25, 0.3) is 0 Å². The van der Waals surface area contributed by atoms with Gasteiger partial charge in [0.05, 0.1) is 19.2 Å². The van der Waals surface area contributed by atoms with Gasteiger partial charge in [0, 0.05) is 17.1 Å². The molecule has 1 N–H and O–H groups in total. The topological polar surface area (TPSA) is 58.6 Å². The summed E-state index contributed by atoms with van der Waals surface area (Å²) in [4.78, 5) is 28.0. The van der Waals surface area contributed by atoms with Crippen LogP contribution in [0.3, 0.4) is 0 Å². The number of para-hydroxylation sites is 1. The van der Waals surface area contributed by atoms with Crippen molar-refractivity contribution >= 4 is 33.9 Å². The fraction of sp³-hybridized carbons (Fsp3) is 0.400. The van der Waals surface area contributed by atoms with Crippen molar-refractivity contribution < 1.29 is 14.3 Å². The molecule has 26 heavy (non-hydrogen) atoms. The molecule has 138 valence electrons. The van der Waals surface area contributed by atoms with Gasteiger partial charge in [-0.15, -0.1) is 11.3 Å². The van der Waals surface area contributed by atoms with E-state index in [1.165, 1.54) is 24.0 Å². The van der Waals surface area contributed by atoms with E-state index in [9.17, 15) is 9.59 Å². The van der Waals surface area contributed by atoms with Gasteiger partial charge in [0.1, 0.15) is 5.00 Å². The molecule has 0 saturated carbocycles. The molecule has 0 fully saturated rings. The van der Waals surface area contributed by atoms with Gasteiger partial charge in [0.25, 0.3) is 0 Å². The number of rotatable bonds is 5. The van der Waals surface area contributed by atoms with Crippen molar-refractivity contribution in [3.8, 4) is 0 Å². The molecular formula is C20H24N2O3S. The third-order valence-electron chi connectivity index (χ3n) is 4.75. The van der Waals surface area contributed by atoms with Crippen LogP contribution in [0.2, 0.25) is 0 Å². The van der Waals surface area contributed by atoms with Crippen LogP contribution >= 0.6 is 11.3 Å². The number of esters is 1. The van der Waals surface area contributed by atoms with Crippen molar-refractivity contribution in [1.82, 2.24) is 0 Å². The lowest BCUT2D eigenvalue weighted by molar-refractivity contribution is -0.115. The minimum absolute atomic E-state index is 0.115. The highest BCUT2D eigenvalue weighted by Gasteiger charge is 2.24. The van der Waals surface area contributed by atoms with Gasteiger partial charge < -0.3 is 15.0 Å². The second kappa shape index (κ2) is 7.91. The Kier molecular flexibility index (Phi) is 5.61. The first-order valence-electron chi connectivity index (χ1n) is 8.88. The molecule has 1 aliphatic heterocycles. The predicted molar refractivity (Wildman–Crippen MR) is 105 cm³/mol. The lowest BCUT2D eigenvalue weighted by Crippen LogP contribution is -2.36. The Morgan fingerprint density at radius 3 is 2.81 bits per heavy atom. The maximum absolute atomic E-state index is 12.7. The van der Waals surface area contributed by atoms with Gasteiger partial charge in [-0.05, 0) is 43.4 Å². The van der Waals surface area contributed by atoms with E-state index in [4.69, 9.17) is 4.74 Å². The summed E-state index contributed by atoms with van der Waals surface area (Å²) in [5, 5.41) is 3.52. The average molecular weight is 372 g/mol. The van der Waals surface area contributed by atoms with Crippen LogP contribution in [-0.4, -0.2) is 32.1 Å². The van der Waals surface area contributed by atoms with E-state index in [-0.39, 0.29) is 12.5 Å². The number of hydrogen-bond donors (Lipinski definition) is 1. The van der Waals surface area contributed by atoms with Crippen LogP contribution < -0.4 is 10.2 Å². The van der Waals surface area contributed by atoms with Gasteiger partial charge in [0.15, 0.2) is 0 Å². The van der Waals surface area contributed by atoms with Gasteiger partial charge in [-0.3, -0.25) is 4.79 Å². The summed E-state index contributed by atoms with van der Waals surface area (Å²) in [5.74, 6) is -0.513. The number of fused-ring (bicyclic) bond motifs is 1. The molecule has 0 saturated heterocycles. The third-order valence-corrected chi connectivity index (χ3v) is 5.81. The molecule has 2 aromatic rings. The van der Waals surface area contributed by atoms with Crippen molar-refractivity contribution in [1.29, 1.82) is 0 Å². The summed E-state index contributed by atoms with van der Waals surface area (Å²) >= 11 is 1.43. The molecule has 1 aliphatic rings. The number of nitrogens with one attached hydrogen (secondary N) is 1. The summed E-state index contributed by atoms with van der Waals surface area (Å²) in [6.45, 7) is 5.10. The number of anilines is 2. The highest BCUT2D eigenvalue weighted by molar-refractivity contribution is 7.16. The summed E-state index contributed by atoms with van der Waals surface area (Å²) in [5.41, 5.74) is 3.84. The lowest BCUT2D eigenvalue weighted by Gasteiger charge is -2.30. The van der Waals surface area contributed by atoms with Crippen LogP contribution in [0, 0.1) is 6.92 Å². The third kappa shape index (κ3) is 3.60. The molecular weight excluding hydrogens is 348 g/mol. The number of nitrogens with zero attached hydrogens (tertiary/aromatic N) is 1. The first kappa shape index (κ1) is 18.5. The Balaban J connectivity index is 1.78. The molecule has 0 bridgehead atoms. The average Bonchev–Trinajstić information content (AvgIpc) is 2.96. The summed E-state index contributed by atoms with van der Waals surface area (Å²) in [6.07, 6.45) is 2.81. The van der Waals surface area contributed by atoms with E-state index >= 15 is 0 Å². The second-order valence-electron chi connectivity index (χ2n) is 6.39. The van der Waals surface area contributed by atoms with Crippen LogP contribution in [0.4, 0.5) is 10.7 Å². The maximum atomic E-state index is 12.7. The number of carbonyl (C=O) groups excluding carboxylic acids is 2. The molecule has 0 radical (unpaired) electrons. The number of methoxy groups -OCH3 is 1. The van der Waals surface area contributed by atoms with Crippen molar-refractivity contribution in [2.24, 2.45) is 0 Å². The molecule has 0 spiro atoms. The fourth-order valence-electron chi connectivity index (χ4n) is 3.53. The Morgan fingerprint density at radius 1 is 1.31 bits per heavy atom. The van der Waals surface area contributed by atoms with E-state index in [2.05, 4.69) is 22.3 Å². The number of benzene rings is 1. The number of amides is 1. The van der Waals surface area contributed by atoms with Crippen molar-refractivity contribution in [3.63, 3.8) is 0 Å². The quantitative estimate of drug-likeness (QED) is 0.811. The summed E-state index contributed by atoms with van der Waals surface area (Å²) < 4.78 is 4.92. The van der Waals surface area contributed by atoms with Gasteiger partial charge in [0.2, 0.25) is 5.91 Å². The number of hydrogen-bond acceptors (Lipinski definition) is 5. The van der Waals surface area contributed by atoms with Crippen LogP contribution in [0.1, 0.15) is 39.7 Å². The smallest absolute Gasteiger partial charge is 0.341 e. The van der Waals surface area contributed by atoms with E-state index in [0.29, 0.717) is 10.6 Å². The highest BCUT2D eigenvalue weighted by Crippen LogP contribution is 2.34. The first-order valence-corrected chi connectivity index (χ1v) is 9.70. The second-order valence-corrected chi connectivity index (χ2v) is 7.61. The molecule has 1 aromatic carbocycles. The van der Waals surface area contributed by atoms with Crippen molar-refractivity contribution in [3.05, 3.63) is 45.8 Å². The van der Waals surface area contributed by atoms with Gasteiger partial charge in [-0.2, -0.15) is 0 Å². The number of aryl methyl sites for hydroxylation is 2. The van der Waals surface area contributed by atoms with E-state index in [0.717, 1.165) is 41.9 Å². The molecule has 6 heteroatoms. The fourth-order valence-corrected chi connectivity index (χ4v) is 4.68. The monoisotopic (exact) mass is 372 g/mol. The molecule has 5 nitrogen and oxygen atoms in total. The van der Waals surface area contributed by atoms with Crippen LogP contribution in [0.15, 0.2) is 24.3 Å². The highest BCUT2D eigenvalue weighted by atomic mass is 32.1. The van der Waals surface area contributed by atoms with Crippen LogP contribution in [-0.2, 0) is 22.4 Å². The largest absolute Gasteiger partial charge is 0.465 e. The standard InChI is InChI=1S/C20H24N2O3S/c1-4-15-13(2)26-19(18(15)20(24)25-3)21-17(23)12-22-11-7-9-14-8-5-6-10-16(14)22/h5-6,8,10H,4,7,9,11-12H2,1-3H3,(H,21,23). The molecule has 0 aliphatic carbocycles. The van der Waals surface area contributed by atoms with Gasteiger partial charge in [-0.1, -0.05) is 25.1 Å². The zero-order chi connectivity index (χ0) is 18.7. The minimum Gasteiger partial charge on any atom is -0.465 e. The zero-order valence-corrected chi connectivity index (χ0v) is 16.2. The van der Waals surface area contributed by atoms with Crippen molar-refractivity contribution in [2.75, 3.05) is 30.4 Å². The Morgan fingerprint density at radius 2 is 2.08 bits per heavy atom. The normalized spacial score (nSPS) is 13.3. The molecule has 0 unspecified atom stereocenters. The van der Waals surface area contributed by atoms with Gasteiger partial charge in [-0.25, -0.2) is 4.79 Å². The Hall–Kier alpha value is -2.34. The molecule has 2 heterocycles. The number of carbonyl (C=O) groups is 2. The molecule has 0 atom stereocenters. The minimum atomic E-state index is -0.398. The zero-order valence-electron chi connectivity index (χ0n) is 15.4. The number of thiophene rings is 1. The van der Waals surface area contributed by atoms with Gasteiger partial charge >= 0.3 is 5.97 Å². The summed E-state index contributed by atoms with van der Waals surface area (Å²) in [7, 11) is 1.37. The predicted octanol–water partition coefficient (Wildman–Crippen LogP) is 3.80. The number of ether oxygens (including phenoxy) is 1. The van der Waals surface area contributed by atoms with E-state index in [1.54, 1.807) is 0 Å². The van der Waals surface area contributed by atoms with E-state index < -0.39 is 5.97 Å². The Labute approximate surface area is 158 Å².